The second-order valence-corrected chi connectivity index (χ2v) is 8.11. The van der Waals surface area contributed by atoms with Gasteiger partial charge in [0, 0.05) is 18.7 Å². The van der Waals surface area contributed by atoms with Crippen molar-refractivity contribution in [3.63, 3.8) is 0 Å². The molecule has 0 bridgehead atoms. The summed E-state index contributed by atoms with van der Waals surface area (Å²) in [7, 11) is 0. The van der Waals surface area contributed by atoms with Crippen LogP contribution >= 0.6 is 11.3 Å². The van der Waals surface area contributed by atoms with Crippen LogP contribution in [0.15, 0.2) is 48.5 Å². The van der Waals surface area contributed by atoms with E-state index in [1.165, 1.54) is 28.8 Å². The third-order valence-corrected chi connectivity index (χ3v) is 6.93. The van der Waals surface area contributed by atoms with Crippen molar-refractivity contribution in [2.24, 2.45) is 0 Å². The molecule has 1 aromatic heterocycles. The quantitative estimate of drug-likeness (QED) is 0.643. The second-order valence-electron chi connectivity index (χ2n) is 7.08. The van der Waals surface area contributed by atoms with Crippen molar-refractivity contribution in [1.29, 1.82) is 5.26 Å². The monoisotopic (exact) mass is 345 g/mol. The van der Waals surface area contributed by atoms with E-state index in [1.807, 2.05) is 12.1 Å². The number of piperidine rings is 1. The third-order valence-electron chi connectivity index (χ3n) is 5.72. The van der Waals surface area contributed by atoms with Gasteiger partial charge in [0.1, 0.15) is 10.4 Å². The highest BCUT2D eigenvalue weighted by molar-refractivity contribution is 7.18. The van der Waals surface area contributed by atoms with Crippen molar-refractivity contribution in [2.45, 2.75) is 37.1 Å². The molecule has 2 atom stereocenters. The molecule has 2 aliphatic heterocycles. The van der Waals surface area contributed by atoms with Crippen LogP contribution in [0.25, 0.3) is 10.2 Å². The number of anilines is 1. The first-order valence-corrected chi connectivity index (χ1v) is 9.75. The van der Waals surface area contributed by atoms with Crippen LogP contribution in [0, 0.1) is 11.3 Å². The summed E-state index contributed by atoms with van der Waals surface area (Å²) in [5.74, 6) is 0. The molecule has 1 saturated heterocycles. The molecule has 4 heteroatoms. The Morgan fingerprint density at radius 1 is 1.12 bits per heavy atom. The van der Waals surface area contributed by atoms with Crippen LogP contribution in [0.1, 0.15) is 29.8 Å². The Morgan fingerprint density at radius 3 is 2.84 bits per heavy atom. The Morgan fingerprint density at radius 2 is 1.96 bits per heavy atom. The predicted molar refractivity (Wildman–Crippen MR) is 102 cm³/mol. The standard InChI is InChI=1S/C21H19N3S/c22-14-21(20-23-16-8-2-4-10-18(16)25-20)13-15-7-1-3-9-17(15)24-12-6-5-11-19(21)24/h1-4,7-10,19H,5-6,11-13H2/t19-,21+/m0/s1. The maximum Gasteiger partial charge on any atom is 0.133 e. The summed E-state index contributed by atoms with van der Waals surface area (Å²) in [5.41, 5.74) is 3.07. The summed E-state index contributed by atoms with van der Waals surface area (Å²) in [6, 6.07) is 19.8. The number of benzene rings is 2. The molecule has 0 aliphatic carbocycles. The number of aromatic nitrogens is 1. The first-order valence-electron chi connectivity index (χ1n) is 8.94. The van der Waals surface area contributed by atoms with E-state index < -0.39 is 5.41 Å². The molecule has 0 radical (unpaired) electrons. The molecule has 3 aromatic rings. The van der Waals surface area contributed by atoms with Crippen LogP contribution in [0.4, 0.5) is 5.69 Å². The minimum atomic E-state index is -0.543. The summed E-state index contributed by atoms with van der Waals surface area (Å²) in [4.78, 5) is 7.40. The molecule has 0 N–H and O–H groups in total. The van der Waals surface area contributed by atoms with Crippen molar-refractivity contribution < 1.29 is 0 Å². The number of nitrogens with zero attached hydrogens (tertiary/aromatic N) is 3. The average Bonchev–Trinajstić information content (AvgIpc) is 3.12. The molecule has 1 fully saturated rings. The van der Waals surface area contributed by atoms with E-state index in [2.05, 4.69) is 47.4 Å². The van der Waals surface area contributed by atoms with Gasteiger partial charge in [0.15, 0.2) is 0 Å². The van der Waals surface area contributed by atoms with E-state index in [1.54, 1.807) is 11.3 Å². The zero-order chi connectivity index (χ0) is 16.9. The molecule has 0 unspecified atom stereocenters. The number of fused-ring (bicyclic) bond motifs is 4. The fraction of sp³-hybridized carbons (Fsp3) is 0.333. The first kappa shape index (κ1) is 14.9. The molecule has 0 spiro atoms. The number of para-hydroxylation sites is 2. The summed E-state index contributed by atoms with van der Waals surface area (Å²) < 4.78 is 1.17. The molecule has 3 heterocycles. The van der Waals surface area contributed by atoms with Crippen molar-refractivity contribution in [1.82, 2.24) is 4.98 Å². The molecule has 5 rings (SSSR count). The summed E-state index contributed by atoms with van der Waals surface area (Å²) in [5, 5.41) is 11.4. The lowest BCUT2D eigenvalue weighted by atomic mass is 9.69. The Hall–Kier alpha value is -2.38. The summed E-state index contributed by atoms with van der Waals surface area (Å²) in [6.45, 7) is 1.04. The Bertz CT molecular complexity index is 953. The van der Waals surface area contributed by atoms with Crippen molar-refractivity contribution in [3.05, 3.63) is 59.1 Å². The fourth-order valence-electron chi connectivity index (χ4n) is 4.53. The third kappa shape index (κ3) is 2.12. The van der Waals surface area contributed by atoms with Gasteiger partial charge in [-0.3, -0.25) is 0 Å². The zero-order valence-electron chi connectivity index (χ0n) is 14.0. The zero-order valence-corrected chi connectivity index (χ0v) is 14.8. The van der Waals surface area contributed by atoms with Crippen molar-refractivity contribution >= 4 is 27.2 Å². The Balaban J connectivity index is 1.73. The Kier molecular flexibility index (Phi) is 3.33. The van der Waals surface area contributed by atoms with E-state index >= 15 is 0 Å². The minimum absolute atomic E-state index is 0.224. The SMILES string of the molecule is N#C[C@]1(c2nc3ccccc3s2)Cc2ccccc2N2CCCC[C@H]21. The van der Waals surface area contributed by atoms with E-state index in [4.69, 9.17) is 4.98 Å². The fourth-order valence-corrected chi connectivity index (χ4v) is 5.69. The molecule has 3 nitrogen and oxygen atoms in total. The molecular weight excluding hydrogens is 326 g/mol. The van der Waals surface area contributed by atoms with Gasteiger partial charge in [0.05, 0.1) is 22.3 Å². The topological polar surface area (TPSA) is 39.9 Å². The highest BCUT2D eigenvalue weighted by Crippen LogP contribution is 2.48. The van der Waals surface area contributed by atoms with Crippen LogP contribution in [-0.2, 0) is 11.8 Å². The van der Waals surface area contributed by atoms with Gasteiger partial charge in [0.25, 0.3) is 0 Å². The number of hydrogen-bond donors (Lipinski definition) is 0. The largest absolute Gasteiger partial charge is 0.366 e. The van der Waals surface area contributed by atoms with Gasteiger partial charge in [-0.25, -0.2) is 4.98 Å². The van der Waals surface area contributed by atoms with Gasteiger partial charge in [0.2, 0.25) is 0 Å². The number of rotatable bonds is 1. The lowest BCUT2D eigenvalue weighted by Crippen LogP contribution is -2.56. The van der Waals surface area contributed by atoms with Gasteiger partial charge in [-0.1, -0.05) is 30.3 Å². The van der Waals surface area contributed by atoms with E-state index in [-0.39, 0.29) is 6.04 Å². The molecule has 0 amide bonds. The van der Waals surface area contributed by atoms with Crippen LogP contribution in [0.2, 0.25) is 0 Å². The molecular formula is C21H19N3S. The average molecular weight is 345 g/mol. The van der Waals surface area contributed by atoms with Crippen molar-refractivity contribution in [3.8, 4) is 6.07 Å². The number of hydrogen-bond acceptors (Lipinski definition) is 4. The smallest absolute Gasteiger partial charge is 0.133 e. The van der Waals surface area contributed by atoms with Crippen molar-refractivity contribution in [2.75, 3.05) is 11.4 Å². The van der Waals surface area contributed by atoms with Crippen LogP contribution < -0.4 is 4.90 Å². The highest BCUT2D eigenvalue weighted by Gasteiger charge is 2.50. The van der Waals surface area contributed by atoms with Gasteiger partial charge in [-0.2, -0.15) is 5.26 Å². The second kappa shape index (κ2) is 5.57. The molecule has 124 valence electrons. The van der Waals surface area contributed by atoms with Gasteiger partial charge in [-0.15, -0.1) is 11.3 Å². The van der Waals surface area contributed by atoms with Gasteiger partial charge in [-0.05, 0) is 43.0 Å². The summed E-state index contributed by atoms with van der Waals surface area (Å²) >= 11 is 1.70. The van der Waals surface area contributed by atoms with Crippen LogP contribution in [0.5, 0.6) is 0 Å². The van der Waals surface area contributed by atoms with E-state index in [0.29, 0.717) is 0 Å². The van der Waals surface area contributed by atoms with Crippen LogP contribution in [-0.4, -0.2) is 17.6 Å². The van der Waals surface area contributed by atoms with Crippen LogP contribution in [0.3, 0.4) is 0 Å². The number of nitriles is 1. The van der Waals surface area contributed by atoms with E-state index in [0.717, 1.165) is 29.9 Å². The lowest BCUT2D eigenvalue weighted by Gasteiger charge is -2.49. The normalized spacial score (nSPS) is 25.2. The molecule has 2 aromatic carbocycles. The molecule has 25 heavy (non-hydrogen) atoms. The number of thiazole rings is 1. The maximum atomic E-state index is 10.4. The molecule has 0 saturated carbocycles. The minimum Gasteiger partial charge on any atom is -0.366 e. The lowest BCUT2D eigenvalue weighted by molar-refractivity contribution is 0.324. The Labute approximate surface area is 151 Å². The summed E-state index contributed by atoms with van der Waals surface area (Å²) in [6.07, 6.45) is 4.22. The predicted octanol–water partition coefficient (Wildman–Crippen LogP) is 4.67. The maximum absolute atomic E-state index is 10.4. The molecule has 2 aliphatic rings. The highest BCUT2D eigenvalue weighted by atomic mass is 32.1. The first-order chi connectivity index (χ1) is 12.3. The van der Waals surface area contributed by atoms with Gasteiger partial charge >= 0.3 is 0 Å². The van der Waals surface area contributed by atoms with Gasteiger partial charge < -0.3 is 4.90 Å². The van der Waals surface area contributed by atoms with E-state index in [9.17, 15) is 5.26 Å².